The van der Waals surface area contributed by atoms with Gasteiger partial charge in [0, 0.05) is 11.9 Å². The summed E-state index contributed by atoms with van der Waals surface area (Å²) < 4.78 is 22.3. The van der Waals surface area contributed by atoms with Crippen LogP contribution in [0.5, 0.6) is 0 Å². The minimum absolute atomic E-state index is 0.247. The van der Waals surface area contributed by atoms with Crippen LogP contribution in [0.3, 0.4) is 0 Å². The van der Waals surface area contributed by atoms with Crippen LogP contribution in [0.15, 0.2) is 4.52 Å². The molecule has 1 aliphatic heterocycles. The van der Waals surface area contributed by atoms with Crippen molar-refractivity contribution in [3.8, 4) is 0 Å². The molecule has 0 aliphatic carbocycles. The number of nitrogens with zero attached hydrogens (tertiary/aromatic N) is 1. The molecule has 0 radical (unpaired) electrons. The van der Waals surface area contributed by atoms with Gasteiger partial charge in [0.25, 0.3) is 0 Å². The summed E-state index contributed by atoms with van der Waals surface area (Å²) in [6.45, 7) is 12.0. The Morgan fingerprint density at radius 1 is 1.23 bits per heavy atom. The van der Waals surface area contributed by atoms with E-state index >= 15 is 0 Å². The molecule has 2 rings (SSSR count). The molecule has 1 aliphatic rings. The molecule has 1 fully saturated rings. The maximum absolute atomic E-state index is 11.5. The van der Waals surface area contributed by atoms with Gasteiger partial charge in [0.1, 0.15) is 5.76 Å². The van der Waals surface area contributed by atoms with E-state index < -0.39 is 18.3 Å². The number of aromatic nitrogens is 1. The summed E-state index contributed by atoms with van der Waals surface area (Å²) >= 11 is 0. The fourth-order valence-electron chi connectivity index (χ4n) is 2.32. The number of aryl methyl sites for hydroxylation is 2. The molecule has 0 amide bonds. The number of hydrogen-bond acceptors (Lipinski definition) is 6. The SMILES string of the molecule is CCOC(=O)CCc1noc(C)c1B1OC(C)(C)C(C)(C)O1. The summed E-state index contributed by atoms with van der Waals surface area (Å²) in [6.07, 6.45) is 0.696. The van der Waals surface area contributed by atoms with Crippen LogP contribution in [0.4, 0.5) is 0 Å². The van der Waals surface area contributed by atoms with Gasteiger partial charge in [-0.1, -0.05) is 5.16 Å². The average molecular weight is 309 g/mol. The highest BCUT2D eigenvalue weighted by molar-refractivity contribution is 6.63. The molecule has 122 valence electrons. The largest absolute Gasteiger partial charge is 0.500 e. The molecule has 0 aromatic carbocycles. The van der Waals surface area contributed by atoms with Gasteiger partial charge in [-0.3, -0.25) is 4.79 Å². The van der Waals surface area contributed by atoms with Crippen molar-refractivity contribution in [3.05, 3.63) is 11.5 Å². The molecule has 0 spiro atoms. The molecule has 0 saturated carbocycles. The standard InChI is InChI=1S/C15H24BNO5/c1-7-19-12(18)9-8-11-13(10(2)20-17-11)16-21-14(3,4)15(5,6)22-16/h7-9H2,1-6H3. The van der Waals surface area contributed by atoms with Gasteiger partial charge < -0.3 is 18.6 Å². The van der Waals surface area contributed by atoms with Gasteiger partial charge in [0.2, 0.25) is 0 Å². The number of carbonyl (C=O) groups excluding carboxylic acids is 1. The molecule has 0 bridgehead atoms. The van der Waals surface area contributed by atoms with Crippen LogP contribution in [0.2, 0.25) is 0 Å². The summed E-state index contributed by atoms with van der Waals surface area (Å²) in [6, 6.07) is 0. The van der Waals surface area contributed by atoms with Gasteiger partial charge in [-0.05, 0) is 41.5 Å². The second kappa shape index (κ2) is 6.04. The minimum atomic E-state index is -0.534. The number of hydrogen-bond donors (Lipinski definition) is 0. The van der Waals surface area contributed by atoms with E-state index in [1.54, 1.807) is 6.92 Å². The first-order chi connectivity index (χ1) is 10.2. The summed E-state index contributed by atoms with van der Waals surface area (Å²) in [4.78, 5) is 11.5. The van der Waals surface area contributed by atoms with Gasteiger partial charge >= 0.3 is 13.1 Å². The van der Waals surface area contributed by atoms with Crippen LogP contribution in [0.1, 0.15) is 52.5 Å². The number of carbonyl (C=O) groups is 1. The van der Waals surface area contributed by atoms with Crippen LogP contribution in [-0.4, -0.2) is 36.1 Å². The number of esters is 1. The Morgan fingerprint density at radius 3 is 2.36 bits per heavy atom. The second-order valence-electron chi connectivity index (χ2n) is 6.49. The van der Waals surface area contributed by atoms with Crippen molar-refractivity contribution in [2.24, 2.45) is 0 Å². The first kappa shape index (κ1) is 17.0. The number of rotatable bonds is 5. The van der Waals surface area contributed by atoms with E-state index in [0.717, 1.165) is 5.46 Å². The number of ether oxygens (including phenoxy) is 1. The van der Waals surface area contributed by atoms with Crippen LogP contribution < -0.4 is 5.46 Å². The monoisotopic (exact) mass is 309 g/mol. The summed E-state index contributed by atoms with van der Waals surface area (Å²) in [5.74, 6) is 0.403. The Balaban J connectivity index is 2.16. The van der Waals surface area contributed by atoms with Crippen molar-refractivity contribution in [1.29, 1.82) is 0 Å². The zero-order valence-corrected chi connectivity index (χ0v) is 14.2. The highest BCUT2D eigenvalue weighted by Crippen LogP contribution is 2.37. The lowest BCUT2D eigenvalue weighted by Gasteiger charge is -2.32. The van der Waals surface area contributed by atoms with E-state index in [-0.39, 0.29) is 12.4 Å². The van der Waals surface area contributed by atoms with Gasteiger partial charge in [-0.25, -0.2) is 0 Å². The Morgan fingerprint density at radius 2 is 1.82 bits per heavy atom. The lowest BCUT2D eigenvalue weighted by molar-refractivity contribution is -0.143. The lowest BCUT2D eigenvalue weighted by atomic mass is 9.76. The van der Waals surface area contributed by atoms with Crippen LogP contribution in [0.25, 0.3) is 0 Å². The fraction of sp³-hybridized carbons (Fsp3) is 0.733. The fourth-order valence-corrected chi connectivity index (χ4v) is 2.32. The highest BCUT2D eigenvalue weighted by atomic mass is 16.7. The van der Waals surface area contributed by atoms with E-state index in [0.29, 0.717) is 24.5 Å². The smallest absolute Gasteiger partial charge is 0.466 e. The van der Waals surface area contributed by atoms with Crippen molar-refractivity contribution >= 4 is 18.6 Å². The first-order valence-corrected chi connectivity index (χ1v) is 7.64. The molecule has 6 nitrogen and oxygen atoms in total. The predicted octanol–water partition coefficient (Wildman–Crippen LogP) is 1.78. The third kappa shape index (κ3) is 3.20. The Kier molecular flexibility index (Phi) is 4.68. The van der Waals surface area contributed by atoms with Gasteiger partial charge in [-0.2, -0.15) is 0 Å². The van der Waals surface area contributed by atoms with Gasteiger partial charge in [-0.15, -0.1) is 0 Å². The summed E-state index contributed by atoms with van der Waals surface area (Å²) in [7, 11) is -0.534. The van der Waals surface area contributed by atoms with Crippen molar-refractivity contribution in [2.45, 2.75) is 65.6 Å². The molecule has 7 heteroatoms. The maximum Gasteiger partial charge on any atom is 0.500 e. The molecule has 0 N–H and O–H groups in total. The molecule has 2 heterocycles. The summed E-state index contributed by atoms with van der Waals surface area (Å²) in [5, 5.41) is 4.05. The average Bonchev–Trinajstić information content (AvgIpc) is 2.85. The molecule has 1 saturated heterocycles. The maximum atomic E-state index is 11.5. The van der Waals surface area contributed by atoms with E-state index in [1.165, 1.54) is 0 Å². The van der Waals surface area contributed by atoms with E-state index in [2.05, 4.69) is 5.16 Å². The van der Waals surface area contributed by atoms with Crippen molar-refractivity contribution in [1.82, 2.24) is 5.16 Å². The van der Waals surface area contributed by atoms with Crippen LogP contribution >= 0.6 is 0 Å². The zero-order chi connectivity index (χ0) is 16.5. The second-order valence-corrected chi connectivity index (χ2v) is 6.49. The molecule has 1 aromatic heterocycles. The highest BCUT2D eigenvalue weighted by Gasteiger charge is 2.53. The van der Waals surface area contributed by atoms with Crippen molar-refractivity contribution in [3.63, 3.8) is 0 Å². The first-order valence-electron chi connectivity index (χ1n) is 7.64. The molecule has 1 aromatic rings. The van der Waals surface area contributed by atoms with Gasteiger partial charge in [0.05, 0.1) is 29.9 Å². The molecule has 0 atom stereocenters. The molecule has 0 unspecified atom stereocenters. The third-order valence-electron chi connectivity index (χ3n) is 4.34. The Bertz CT molecular complexity index is 536. The van der Waals surface area contributed by atoms with Crippen LogP contribution in [0, 0.1) is 6.92 Å². The molecule has 22 heavy (non-hydrogen) atoms. The van der Waals surface area contributed by atoms with E-state index in [4.69, 9.17) is 18.6 Å². The Labute approximate surface area is 131 Å². The minimum Gasteiger partial charge on any atom is -0.466 e. The third-order valence-corrected chi connectivity index (χ3v) is 4.34. The van der Waals surface area contributed by atoms with E-state index in [1.807, 2.05) is 34.6 Å². The molecular formula is C15H24BNO5. The summed E-state index contributed by atoms with van der Waals surface area (Å²) in [5.41, 5.74) is 0.603. The quantitative estimate of drug-likeness (QED) is 0.610. The van der Waals surface area contributed by atoms with Crippen LogP contribution in [-0.2, 0) is 25.3 Å². The molecular weight excluding hydrogens is 285 g/mol. The lowest BCUT2D eigenvalue weighted by Crippen LogP contribution is -2.41. The topological polar surface area (TPSA) is 70.8 Å². The predicted molar refractivity (Wildman–Crippen MR) is 81.9 cm³/mol. The Hall–Kier alpha value is -1.34. The van der Waals surface area contributed by atoms with Crippen molar-refractivity contribution in [2.75, 3.05) is 6.61 Å². The normalized spacial score (nSPS) is 19.5. The zero-order valence-electron chi connectivity index (χ0n) is 14.2. The van der Waals surface area contributed by atoms with E-state index in [9.17, 15) is 4.79 Å². The van der Waals surface area contributed by atoms with Crippen molar-refractivity contribution < 1.29 is 23.4 Å². The van der Waals surface area contributed by atoms with Gasteiger partial charge in [0.15, 0.2) is 0 Å².